The molecule has 0 aromatic heterocycles. The molecule has 0 aliphatic heterocycles. The minimum atomic E-state index is -0.517. The molecule has 1 unspecified atom stereocenters. The minimum Gasteiger partial charge on any atom is -0.319 e. The number of carbonyl (C=O) groups is 1. The van der Waals surface area contributed by atoms with Crippen molar-refractivity contribution in [3.05, 3.63) is 42.5 Å². The molecule has 21 heavy (non-hydrogen) atoms. The summed E-state index contributed by atoms with van der Waals surface area (Å²) in [6.45, 7) is 8.57. The van der Waals surface area contributed by atoms with E-state index in [1.165, 1.54) is 0 Å². The Hall–Kier alpha value is -1.87. The molecular formula is C18H24N2O. The Labute approximate surface area is 126 Å². The standard InChI is InChI=1S/C18H24N2O/c1-5-20(17(21)16(19)18(2,3)4)15-12-8-10-13-9-6-7-11-14(13)15/h6-12,16H,5,19H2,1-4H3. The fraction of sp³-hybridized carbons (Fsp3) is 0.389. The number of benzene rings is 2. The first kappa shape index (κ1) is 15.5. The smallest absolute Gasteiger partial charge is 0.244 e. The Morgan fingerprint density at radius 2 is 1.76 bits per heavy atom. The van der Waals surface area contributed by atoms with E-state index in [0.717, 1.165) is 16.5 Å². The maximum Gasteiger partial charge on any atom is 0.244 e. The van der Waals surface area contributed by atoms with Gasteiger partial charge in [0.1, 0.15) is 0 Å². The van der Waals surface area contributed by atoms with E-state index < -0.39 is 6.04 Å². The molecule has 0 saturated heterocycles. The van der Waals surface area contributed by atoms with E-state index in [4.69, 9.17) is 5.73 Å². The second-order valence-corrected chi connectivity index (χ2v) is 6.42. The molecule has 0 heterocycles. The Balaban J connectivity index is 2.47. The topological polar surface area (TPSA) is 46.3 Å². The van der Waals surface area contributed by atoms with Gasteiger partial charge in [-0.3, -0.25) is 4.79 Å². The number of nitrogens with two attached hydrogens (primary N) is 1. The molecule has 2 aromatic rings. The van der Waals surface area contributed by atoms with Gasteiger partial charge >= 0.3 is 0 Å². The normalized spacial score (nSPS) is 13.2. The lowest BCUT2D eigenvalue weighted by atomic mass is 9.86. The van der Waals surface area contributed by atoms with Crippen LogP contribution in [0.3, 0.4) is 0 Å². The van der Waals surface area contributed by atoms with Gasteiger partial charge in [0, 0.05) is 11.9 Å². The van der Waals surface area contributed by atoms with Gasteiger partial charge in [0.25, 0.3) is 0 Å². The quantitative estimate of drug-likeness (QED) is 0.936. The van der Waals surface area contributed by atoms with Gasteiger partial charge in [-0.05, 0) is 23.8 Å². The lowest BCUT2D eigenvalue weighted by Crippen LogP contribution is -2.50. The summed E-state index contributed by atoms with van der Waals surface area (Å²) in [5, 5.41) is 2.21. The van der Waals surface area contributed by atoms with Gasteiger partial charge < -0.3 is 10.6 Å². The van der Waals surface area contributed by atoms with Crippen molar-refractivity contribution in [1.29, 1.82) is 0 Å². The number of carbonyl (C=O) groups excluding carboxylic acids is 1. The maximum atomic E-state index is 12.8. The third-order valence-corrected chi connectivity index (χ3v) is 3.84. The highest BCUT2D eigenvalue weighted by molar-refractivity contribution is 6.05. The van der Waals surface area contributed by atoms with Crippen LogP contribution in [0.4, 0.5) is 5.69 Å². The number of rotatable bonds is 3. The highest BCUT2D eigenvalue weighted by Gasteiger charge is 2.31. The Morgan fingerprint density at radius 3 is 2.38 bits per heavy atom. The van der Waals surface area contributed by atoms with Gasteiger partial charge in [-0.1, -0.05) is 57.2 Å². The van der Waals surface area contributed by atoms with Crippen LogP contribution in [0.1, 0.15) is 27.7 Å². The number of nitrogens with zero attached hydrogens (tertiary/aromatic N) is 1. The third-order valence-electron chi connectivity index (χ3n) is 3.84. The van der Waals surface area contributed by atoms with E-state index in [1.54, 1.807) is 4.90 Å². The monoisotopic (exact) mass is 284 g/mol. The van der Waals surface area contributed by atoms with Crippen molar-refractivity contribution in [1.82, 2.24) is 0 Å². The van der Waals surface area contributed by atoms with Gasteiger partial charge in [-0.2, -0.15) is 0 Å². The number of hydrogen-bond acceptors (Lipinski definition) is 2. The molecule has 3 heteroatoms. The number of anilines is 1. The van der Waals surface area contributed by atoms with Crippen LogP contribution in [-0.4, -0.2) is 18.5 Å². The molecule has 0 bridgehead atoms. The van der Waals surface area contributed by atoms with E-state index >= 15 is 0 Å². The minimum absolute atomic E-state index is 0.0265. The van der Waals surface area contributed by atoms with Crippen LogP contribution in [0.25, 0.3) is 10.8 Å². The molecule has 1 atom stereocenters. The first-order valence-corrected chi connectivity index (χ1v) is 7.41. The highest BCUT2D eigenvalue weighted by atomic mass is 16.2. The van der Waals surface area contributed by atoms with Gasteiger partial charge in [0.15, 0.2) is 0 Å². The van der Waals surface area contributed by atoms with Crippen molar-refractivity contribution >= 4 is 22.4 Å². The van der Waals surface area contributed by atoms with E-state index in [0.29, 0.717) is 6.54 Å². The van der Waals surface area contributed by atoms with Crippen LogP contribution in [0.15, 0.2) is 42.5 Å². The van der Waals surface area contributed by atoms with Crippen LogP contribution in [0.5, 0.6) is 0 Å². The van der Waals surface area contributed by atoms with E-state index in [9.17, 15) is 4.79 Å². The lowest BCUT2D eigenvalue weighted by Gasteiger charge is -2.32. The molecule has 2 N–H and O–H groups in total. The molecule has 2 rings (SSSR count). The summed E-state index contributed by atoms with van der Waals surface area (Å²) in [5.74, 6) is -0.0265. The number of likely N-dealkylation sites (N-methyl/N-ethyl adjacent to an activating group) is 1. The summed E-state index contributed by atoms with van der Waals surface area (Å²) in [5.41, 5.74) is 6.84. The molecule has 2 aromatic carbocycles. The average Bonchev–Trinajstić information content (AvgIpc) is 2.46. The first-order chi connectivity index (χ1) is 9.86. The molecule has 112 valence electrons. The van der Waals surface area contributed by atoms with Crippen molar-refractivity contribution in [2.45, 2.75) is 33.7 Å². The molecule has 1 amide bonds. The van der Waals surface area contributed by atoms with Crippen molar-refractivity contribution in [3.63, 3.8) is 0 Å². The Morgan fingerprint density at radius 1 is 1.14 bits per heavy atom. The zero-order valence-electron chi connectivity index (χ0n) is 13.3. The van der Waals surface area contributed by atoms with Crippen molar-refractivity contribution < 1.29 is 4.79 Å². The summed E-state index contributed by atoms with van der Waals surface area (Å²) < 4.78 is 0. The average molecular weight is 284 g/mol. The molecule has 0 aliphatic rings. The van der Waals surface area contributed by atoms with Crippen LogP contribution in [-0.2, 0) is 4.79 Å². The SMILES string of the molecule is CCN(C(=O)C(N)C(C)(C)C)c1cccc2ccccc12. The number of fused-ring (bicyclic) bond motifs is 1. The fourth-order valence-electron chi connectivity index (χ4n) is 2.43. The van der Waals surface area contributed by atoms with Gasteiger partial charge in [-0.15, -0.1) is 0 Å². The van der Waals surface area contributed by atoms with Crippen LogP contribution in [0, 0.1) is 5.41 Å². The summed E-state index contributed by atoms with van der Waals surface area (Å²) in [6, 6.07) is 13.6. The van der Waals surface area contributed by atoms with Gasteiger partial charge in [0.05, 0.1) is 11.7 Å². The lowest BCUT2D eigenvalue weighted by molar-refractivity contribution is -0.121. The molecule has 0 radical (unpaired) electrons. The summed E-state index contributed by atoms with van der Waals surface area (Å²) >= 11 is 0. The summed E-state index contributed by atoms with van der Waals surface area (Å²) in [4.78, 5) is 14.6. The predicted molar refractivity (Wildman–Crippen MR) is 89.4 cm³/mol. The van der Waals surface area contributed by atoms with Crippen LogP contribution in [0.2, 0.25) is 0 Å². The molecule has 0 spiro atoms. The molecular weight excluding hydrogens is 260 g/mol. The van der Waals surface area contributed by atoms with Crippen molar-refractivity contribution in [2.75, 3.05) is 11.4 Å². The summed E-state index contributed by atoms with van der Waals surface area (Å²) in [7, 11) is 0. The van der Waals surface area contributed by atoms with E-state index in [1.807, 2.05) is 58.0 Å². The van der Waals surface area contributed by atoms with Gasteiger partial charge in [0.2, 0.25) is 5.91 Å². The third kappa shape index (κ3) is 3.08. The fourth-order valence-corrected chi connectivity index (χ4v) is 2.43. The molecule has 0 saturated carbocycles. The zero-order valence-corrected chi connectivity index (χ0v) is 13.3. The molecule has 0 aliphatic carbocycles. The van der Waals surface area contributed by atoms with Crippen LogP contribution >= 0.6 is 0 Å². The predicted octanol–water partition coefficient (Wildman–Crippen LogP) is 3.57. The molecule has 3 nitrogen and oxygen atoms in total. The number of amides is 1. The molecule has 0 fully saturated rings. The largest absolute Gasteiger partial charge is 0.319 e. The zero-order chi connectivity index (χ0) is 15.6. The Kier molecular flexibility index (Phi) is 4.33. The second kappa shape index (κ2) is 5.86. The van der Waals surface area contributed by atoms with Crippen molar-refractivity contribution in [3.8, 4) is 0 Å². The van der Waals surface area contributed by atoms with Crippen molar-refractivity contribution in [2.24, 2.45) is 11.1 Å². The number of hydrogen-bond donors (Lipinski definition) is 1. The maximum absolute atomic E-state index is 12.8. The Bertz CT molecular complexity index is 638. The van der Waals surface area contributed by atoms with Gasteiger partial charge in [-0.25, -0.2) is 0 Å². The van der Waals surface area contributed by atoms with E-state index in [-0.39, 0.29) is 11.3 Å². The highest BCUT2D eigenvalue weighted by Crippen LogP contribution is 2.28. The second-order valence-electron chi connectivity index (χ2n) is 6.42. The summed E-state index contributed by atoms with van der Waals surface area (Å²) in [6.07, 6.45) is 0. The van der Waals surface area contributed by atoms with Crippen LogP contribution < -0.4 is 10.6 Å². The van der Waals surface area contributed by atoms with E-state index in [2.05, 4.69) is 12.1 Å². The first-order valence-electron chi connectivity index (χ1n) is 7.41.